The summed E-state index contributed by atoms with van der Waals surface area (Å²) >= 11 is 5.13. The van der Waals surface area contributed by atoms with Gasteiger partial charge in [-0.2, -0.15) is 0 Å². The number of rotatable bonds is 2. The average Bonchev–Trinajstić information content (AvgIpc) is 2.72. The molecule has 0 unspecified atom stereocenters. The number of carbonyl (C=O) groups is 1. The van der Waals surface area contributed by atoms with Crippen LogP contribution in [-0.2, 0) is 14.3 Å². The number of carbonyl (C=O) groups excluding carboxylic acids is 1. The smallest absolute Gasteiger partial charge is 0.309 e. The second-order valence-corrected chi connectivity index (χ2v) is 6.03. The maximum absolute atomic E-state index is 11.8. The van der Waals surface area contributed by atoms with Gasteiger partial charge in [-0.15, -0.1) is 0 Å². The van der Waals surface area contributed by atoms with E-state index in [1.54, 1.807) is 23.3 Å². The molecular formula is C13H18N2O3S. The van der Waals surface area contributed by atoms with Crippen LogP contribution < -0.4 is 0 Å². The molecule has 5 nitrogen and oxygen atoms in total. The van der Waals surface area contributed by atoms with Gasteiger partial charge in [0, 0.05) is 12.4 Å². The zero-order chi connectivity index (χ0) is 14.0. The first kappa shape index (κ1) is 14.0. The third-order valence-electron chi connectivity index (χ3n) is 2.82. The fourth-order valence-corrected chi connectivity index (χ4v) is 2.05. The van der Waals surface area contributed by atoms with Crippen LogP contribution in [0.3, 0.4) is 0 Å². The molecule has 0 amide bonds. The van der Waals surface area contributed by atoms with Gasteiger partial charge in [-0.05, 0) is 45.8 Å². The second-order valence-electron chi connectivity index (χ2n) is 5.68. The van der Waals surface area contributed by atoms with E-state index in [4.69, 9.17) is 21.7 Å². The van der Waals surface area contributed by atoms with Gasteiger partial charge in [0.25, 0.3) is 5.17 Å². The Morgan fingerprint density at radius 3 is 2.63 bits per heavy atom. The summed E-state index contributed by atoms with van der Waals surface area (Å²) < 4.78 is 12.5. The molecule has 0 aromatic carbocycles. The first-order chi connectivity index (χ1) is 8.85. The molecule has 104 valence electrons. The number of thiocarbonyl (C=S) groups is 1. The Bertz CT molecular complexity index is 459. The van der Waals surface area contributed by atoms with Crippen molar-refractivity contribution in [2.24, 2.45) is 5.92 Å². The minimum atomic E-state index is -0.435. The highest BCUT2D eigenvalue weighted by molar-refractivity contribution is 7.80. The van der Waals surface area contributed by atoms with Gasteiger partial charge in [0.05, 0.1) is 5.92 Å². The molecule has 6 heteroatoms. The van der Waals surface area contributed by atoms with Crippen LogP contribution in [0.2, 0.25) is 0 Å². The molecule has 0 aliphatic heterocycles. The first-order valence-electron chi connectivity index (χ1n) is 6.27. The van der Waals surface area contributed by atoms with Crippen molar-refractivity contribution in [1.29, 1.82) is 0 Å². The zero-order valence-corrected chi connectivity index (χ0v) is 12.1. The van der Waals surface area contributed by atoms with E-state index in [1.807, 2.05) is 20.8 Å². The van der Waals surface area contributed by atoms with Gasteiger partial charge in [-0.3, -0.25) is 9.36 Å². The molecule has 1 aliphatic rings. The molecule has 0 bridgehead atoms. The van der Waals surface area contributed by atoms with Crippen molar-refractivity contribution in [3.05, 3.63) is 18.7 Å². The van der Waals surface area contributed by atoms with Crippen LogP contribution in [0, 0.1) is 5.92 Å². The minimum absolute atomic E-state index is 0.00702. The van der Waals surface area contributed by atoms with E-state index in [0.29, 0.717) is 18.0 Å². The largest absolute Gasteiger partial charge is 0.467 e. The van der Waals surface area contributed by atoms with Crippen LogP contribution in [0.15, 0.2) is 18.7 Å². The Kier molecular flexibility index (Phi) is 3.89. The molecule has 0 spiro atoms. The number of hydrogen-bond acceptors (Lipinski definition) is 5. The third-order valence-corrected chi connectivity index (χ3v) is 3.12. The summed E-state index contributed by atoms with van der Waals surface area (Å²) in [4.78, 5) is 15.7. The predicted molar refractivity (Wildman–Crippen MR) is 73.7 cm³/mol. The molecule has 0 saturated heterocycles. The molecule has 0 N–H and O–H groups in total. The number of hydrogen-bond donors (Lipinski definition) is 0. The molecule has 1 saturated carbocycles. The van der Waals surface area contributed by atoms with Crippen molar-refractivity contribution in [3.63, 3.8) is 0 Å². The molecule has 19 heavy (non-hydrogen) atoms. The van der Waals surface area contributed by atoms with Crippen LogP contribution in [0.5, 0.6) is 0 Å². The molecular weight excluding hydrogens is 264 g/mol. The third kappa shape index (κ3) is 3.76. The van der Waals surface area contributed by atoms with Gasteiger partial charge in [-0.25, -0.2) is 4.98 Å². The summed E-state index contributed by atoms with van der Waals surface area (Å²) in [7, 11) is 0. The lowest BCUT2D eigenvalue weighted by Crippen LogP contribution is -2.41. The lowest BCUT2D eigenvalue weighted by molar-refractivity contribution is -0.166. The first-order valence-corrected chi connectivity index (χ1v) is 6.68. The van der Waals surface area contributed by atoms with Crippen molar-refractivity contribution in [2.45, 2.75) is 45.3 Å². The van der Waals surface area contributed by atoms with Crippen molar-refractivity contribution in [2.75, 3.05) is 0 Å². The topological polar surface area (TPSA) is 53.4 Å². The van der Waals surface area contributed by atoms with Gasteiger partial charge in [0.15, 0.2) is 0 Å². The van der Waals surface area contributed by atoms with Crippen molar-refractivity contribution < 1.29 is 14.3 Å². The van der Waals surface area contributed by atoms with E-state index < -0.39 is 5.60 Å². The predicted octanol–water partition coefficient (Wildman–Crippen LogP) is 2.15. The van der Waals surface area contributed by atoms with Gasteiger partial charge in [0.1, 0.15) is 18.0 Å². The van der Waals surface area contributed by atoms with Crippen LogP contribution >= 0.6 is 12.2 Å². The van der Waals surface area contributed by atoms with E-state index in [1.165, 1.54) is 0 Å². The number of imidazole rings is 1. The van der Waals surface area contributed by atoms with Crippen molar-refractivity contribution >= 4 is 23.4 Å². The number of aromatic nitrogens is 2. The highest BCUT2D eigenvalue weighted by atomic mass is 32.1. The van der Waals surface area contributed by atoms with E-state index in [0.717, 1.165) is 0 Å². The summed E-state index contributed by atoms with van der Waals surface area (Å²) in [5.41, 5.74) is -0.435. The molecule has 1 aliphatic carbocycles. The van der Waals surface area contributed by atoms with Gasteiger partial charge >= 0.3 is 5.97 Å². The molecule has 1 heterocycles. The van der Waals surface area contributed by atoms with Crippen LogP contribution in [0.4, 0.5) is 0 Å². The lowest BCUT2D eigenvalue weighted by atomic mass is 9.82. The molecule has 1 aromatic heterocycles. The lowest BCUT2D eigenvalue weighted by Gasteiger charge is -2.35. The Labute approximate surface area is 117 Å². The van der Waals surface area contributed by atoms with Gasteiger partial charge in [0.2, 0.25) is 0 Å². The van der Waals surface area contributed by atoms with E-state index in [2.05, 4.69) is 4.98 Å². The fraction of sp³-hybridized carbons (Fsp3) is 0.615. The molecule has 0 radical (unpaired) electrons. The standard InChI is InChI=1S/C13H18N2O3S/c1-13(2,3)18-11(16)9-6-10(7-9)17-12(19)15-5-4-14-8-15/h4-5,8-10H,6-7H2,1-3H3. The van der Waals surface area contributed by atoms with Crippen LogP contribution in [-0.4, -0.2) is 32.4 Å². The number of ether oxygens (including phenoxy) is 2. The monoisotopic (exact) mass is 282 g/mol. The average molecular weight is 282 g/mol. The van der Waals surface area contributed by atoms with Crippen molar-refractivity contribution in [1.82, 2.24) is 9.55 Å². The van der Waals surface area contributed by atoms with Crippen LogP contribution in [0.1, 0.15) is 33.6 Å². The van der Waals surface area contributed by atoms with Gasteiger partial charge < -0.3 is 9.47 Å². The van der Waals surface area contributed by atoms with Crippen molar-refractivity contribution in [3.8, 4) is 0 Å². The maximum Gasteiger partial charge on any atom is 0.309 e. The Balaban J connectivity index is 1.75. The van der Waals surface area contributed by atoms with Crippen LogP contribution in [0.25, 0.3) is 0 Å². The summed E-state index contributed by atoms with van der Waals surface area (Å²) in [5, 5.41) is 0.366. The van der Waals surface area contributed by atoms with E-state index in [9.17, 15) is 4.79 Å². The summed E-state index contributed by atoms with van der Waals surface area (Å²) in [5.74, 6) is -0.226. The normalized spacial score (nSPS) is 22.5. The quantitative estimate of drug-likeness (QED) is 0.614. The Hall–Kier alpha value is -1.43. The number of nitrogens with zero attached hydrogens (tertiary/aromatic N) is 2. The molecule has 0 atom stereocenters. The second kappa shape index (κ2) is 5.28. The Morgan fingerprint density at radius 1 is 1.42 bits per heavy atom. The fourth-order valence-electron chi connectivity index (χ4n) is 1.81. The SMILES string of the molecule is CC(C)(C)OC(=O)C1CC(OC(=S)n2ccnc2)C1. The number of esters is 1. The summed E-state index contributed by atoms with van der Waals surface area (Å²) in [6, 6.07) is 0. The highest BCUT2D eigenvalue weighted by Gasteiger charge is 2.39. The van der Waals surface area contributed by atoms with Gasteiger partial charge in [-0.1, -0.05) is 0 Å². The highest BCUT2D eigenvalue weighted by Crippen LogP contribution is 2.32. The molecule has 1 fully saturated rings. The summed E-state index contributed by atoms with van der Waals surface area (Å²) in [6.07, 6.45) is 6.26. The van der Waals surface area contributed by atoms with E-state index >= 15 is 0 Å². The molecule has 1 aromatic rings. The Morgan fingerprint density at radius 2 is 2.11 bits per heavy atom. The molecule has 2 rings (SSSR count). The summed E-state index contributed by atoms with van der Waals surface area (Å²) in [6.45, 7) is 5.60. The zero-order valence-electron chi connectivity index (χ0n) is 11.3. The van der Waals surface area contributed by atoms with E-state index in [-0.39, 0.29) is 18.0 Å². The maximum atomic E-state index is 11.8. The minimum Gasteiger partial charge on any atom is -0.467 e.